The Balaban J connectivity index is 1.38. The van der Waals surface area contributed by atoms with Gasteiger partial charge in [0, 0.05) is 70.4 Å². The lowest BCUT2D eigenvalue weighted by Crippen LogP contribution is -2.52. The van der Waals surface area contributed by atoms with Gasteiger partial charge in [-0.05, 0) is 26.2 Å². The van der Waals surface area contributed by atoms with Gasteiger partial charge in [-0.25, -0.2) is 4.98 Å². The minimum absolute atomic E-state index is 0.304. The number of piperazine rings is 1. The summed E-state index contributed by atoms with van der Waals surface area (Å²) < 4.78 is 15.7. The second-order valence-electron chi connectivity index (χ2n) is 7.12. The maximum Gasteiger partial charge on any atom is 0.205 e. The van der Waals surface area contributed by atoms with Gasteiger partial charge in [-0.1, -0.05) is 6.92 Å². The number of ether oxygens (including phenoxy) is 2. The fraction of sp³-hybridized carbons (Fsp3) is 0.842. The first kappa shape index (κ1) is 21.3. The smallest absolute Gasteiger partial charge is 0.205 e. The van der Waals surface area contributed by atoms with Crippen molar-refractivity contribution in [2.45, 2.75) is 45.6 Å². The zero-order chi connectivity index (χ0) is 19.6. The van der Waals surface area contributed by atoms with Crippen LogP contribution < -0.4 is 10.2 Å². The van der Waals surface area contributed by atoms with Crippen molar-refractivity contribution in [1.82, 2.24) is 19.6 Å². The standard InChI is InChI=1S/C19H34N6O2S/c1-3-17-22-19(28-23-17)25-11-9-24(10-12-25)18(20-4-2)21-8-6-13-26-15-16-7-5-14-27-16/h16H,3-15H2,1-2H3,(H,20,21). The summed E-state index contributed by atoms with van der Waals surface area (Å²) in [5.74, 6) is 1.95. The Hall–Kier alpha value is -1.45. The summed E-state index contributed by atoms with van der Waals surface area (Å²) in [4.78, 5) is 14.1. The third-order valence-electron chi connectivity index (χ3n) is 4.99. The highest BCUT2D eigenvalue weighted by molar-refractivity contribution is 7.09. The summed E-state index contributed by atoms with van der Waals surface area (Å²) in [7, 11) is 0. The van der Waals surface area contributed by atoms with Gasteiger partial charge in [0.05, 0.1) is 12.7 Å². The summed E-state index contributed by atoms with van der Waals surface area (Å²) >= 11 is 1.51. The molecule has 1 N–H and O–H groups in total. The van der Waals surface area contributed by atoms with Crippen molar-refractivity contribution in [3.05, 3.63) is 5.82 Å². The topological polar surface area (TPSA) is 75.1 Å². The maximum atomic E-state index is 5.73. The van der Waals surface area contributed by atoms with Gasteiger partial charge in [-0.2, -0.15) is 4.37 Å². The highest BCUT2D eigenvalue weighted by Gasteiger charge is 2.22. The monoisotopic (exact) mass is 410 g/mol. The first-order chi connectivity index (χ1) is 13.8. The average molecular weight is 411 g/mol. The molecule has 0 bridgehead atoms. The molecule has 9 heteroatoms. The van der Waals surface area contributed by atoms with E-state index in [1.807, 2.05) is 0 Å². The molecule has 0 amide bonds. The number of aliphatic imine (C=N–C) groups is 1. The lowest BCUT2D eigenvalue weighted by atomic mass is 10.2. The SMILES string of the molecule is CCNC(=NCCCOCC1CCCO1)N1CCN(c2nc(CC)ns2)CC1. The molecule has 0 aromatic carbocycles. The van der Waals surface area contributed by atoms with E-state index in [0.29, 0.717) is 6.10 Å². The average Bonchev–Trinajstić information content (AvgIpc) is 3.42. The predicted octanol–water partition coefficient (Wildman–Crippen LogP) is 1.77. The number of rotatable bonds is 9. The van der Waals surface area contributed by atoms with E-state index in [1.165, 1.54) is 11.5 Å². The Morgan fingerprint density at radius 1 is 1.32 bits per heavy atom. The quantitative estimate of drug-likeness (QED) is 0.378. The zero-order valence-corrected chi connectivity index (χ0v) is 18.0. The Morgan fingerprint density at radius 3 is 2.86 bits per heavy atom. The molecule has 0 radical (unpaired) electrons. The summed E-state index contributed by atoms with van der Waals surface area (Å²) in [6.45, 7) is 12.0. The van der Waals surface area contributed by atoms with Crippen molar-refractivity contribution in [3.8, 4) is 0 Å². The Labute approximate surface area is 172 Å². The molecule has 0 spiro atoms. The molecule has 2 aliphatic heterocycles. The van der Waals surface area contributed by atoms with Gasteiger partial charge in [0.2, 0.25) is 5.13 Å². The largest absolute Gasteiger partial charge is 0.379 e. The number of aryl methyl sites for hydroxylation is 1. The zero-order valence-electron chi connectivity index (χ0n) is 17.2. The van der Waals surface area contributed by atoms with Crippen LogP contribution >= 0.6 is 11.5 Å². The summed E-state index contributed by atoms with van der Waals surface area (Å²) in [6, 6.07) is 0. The third kappa shape index (κ3) is 6.28. The van der Waals surface area contributed by atoms with Gasteiger partial charge in [-0.3, -0.25) is 4.99 Å². The molecule has 1 unspecified atom stereocenters. The van der Waals surface area contributed by atoms with Crippen molar-refractivity contribution < 1.29 is 9.47 Å². The van der Waals surface area contributed by atoms with E-state index in [2.05, 4.69) is 38.3 Å². The first-order valence-electron chi connectivity index (χ1n) is 10.6. The molecule has 0 saturated carbocycles. The van der Waals surface area contributed by atoms with Crippen LogP contribution in [0.3, 0.4) is 0 Å². The van der Waals surface area contributed by atoms with E-state index >= 15 is 0 Å². The lowest BCUT2D eigenvalue weighted by molar-refractivity contribution is 0.0170. The fourth-order valence-electron chi connectivity index (χ4n) is 3.39. The number of hydrogen-bond donors (Lipinski definition) is 1. The summed E-state index contributed by atoms with van der Waals surface area (Å²) in [5, 5.41) is 4.47. The van der Waals surface area contributed by atoms with Crippen LogP contribution in [-0.2, 0) is 15.9 Å². The van der Waals surface area contributed by atoms with E-state index < -0.39 is 0 Å². The van der Waals surface area contributed by atoms with Crippen molar-refractivity contribution in [3.63, 3.8) is 0 Å². The fourth-order valence-corrected chi connectivity index (χ4v) is 4.20. The van der Waals surface area contributed by atoms with E-state index in [-0.39, 0.29) is 0 Å². The molecule has 0 aliphatic carbocycles. The van der Waals surface area contributed by atoms with Crippen LogP contribution in [0.15, 0.2) is 4.99 Å². The molecule has 1 atom stereocenters. The van der Waals surface area contributed by atoms with E-state index in [9.17, 15) is 0 Å². The highest BCUT2D eigenvalue weighted by atomic mass is 32.1. The molecule has 1 aromatic rings. The van der Waals surface area contributed by atoms with E-state index in [0.717, 1.165) is 102 Å². The molecule has 8 nitrogen and oxygen atoms in total. The van der Waals surface area contributed by atoms with Crippen molar-refractivity contribution >= 4 is 22.6 Å². The number of anilines is 1. The van der Waals surface area contributed by atoms with Gasteiger partial charge in [-0.15, -0.1) is 0 Å². The lowest BCUT2D eigenvalue weighted by Gasteiger charge is -2.36. The van der Waals surface area contributed by atoms with Crippen molar-refractivity contribution in [2.24, 2.45) is 4.99 Å². The van der Waals surface area contributed by atoms with Crippen LogP contribution in [-0.4, -0.2) is 85.4 Å². The van der Waals surface area contributed by atoms with Gasteiger partial charge in [0.1, 0.15) is 5.82 Å². The van der Waals surface area contributed by atoms with Gasteiger partial charge in [0.15, 0.2) is 5.96 Å². The van der Waals surface area contributed by atoms with Crippen molar-refractivity contribution in [1.29, 1.82) is 0 Å². The van der Waals surface area contributed by atoms with E-state index in [1.54, 1.807) is 0 Å². The first-order valence-corrected chi connectivity index (χ1v) is 11.4. The van der Waals surface area contributed by atoms with Gasteiger partial charge >= 0.3 is 0 Å². The maximum absolute atomic E-state index is 5.73. The van der Waals surface area contributed by atoms with E-state index in [4.69, 9.17) is 14.5 Å². The number of nitrogens with zero attached hydrogens (tertiary/aromatic N) is 5. The number of guanidine groups is 1. The molecule has 2 aliphatic rings. The molecule has 1 aromatic heterocycles. The van der Waals surface area contributed by atoms with Gasteiger partial charge in [0.25, 0.3) is 0 Å². The third-order valence-corrected chi connectivity index (χ3v) is 5.81. The van der Waals surface area contributed by atoms with Crippen LogP contribution in [0.1, 0.15) is 38.9 Å². The van der Waals surface area contributed by atoms with Crippen LogP contribution in [0.4, 0.5) is 5.13 Å². The Kier molecular flexibility index (Phi) is 8.75. The normalized spacial score (nSPS) is 20.8. The Morgan fingerprint density at radius 2 is 2.18 bits per heavy atom. The summed E-state index contributed by atoms with van der Waals surface area (Å²) in [6.07, 6.45) is 4.43. The molecular weight excluding hydrogens is 376 g/mol. The molecule has 158 valence electrons. The minimum atomic E-state index is 0.304. The van der Waals surface area contributed by atoms with Crippen molar-refractivity contribution in [2.75, 3.05) is 64.0 Å². The number of hydrogen-bond acceptors (Lipinski definition) is 7. The predicted molar refractivity (Wildman–Crippen MR) is 113 cm³/mol. The van der Waals surface area contributed by atoms with Crippen LogP contribution in [0.2, 0.25) is 0 Å². The summed E-state index contributed by atoms with van der Waals surface area (Å²) in [5.41, 5.74) is 0. The molecule has 2 saturated heterocycles. The number of nitrogens with one attached hydrogen (secondary N) is 1. The Bertz CT molecular complexity index is 597. The highest BCUT2D eigenvalue weighted by Crippen LogP contribution is 2.19. The molecule has 2 fully saturated rings. The molecule has 28 heavy (non-hydrogen) atoms. The second kappa shape index (κ2) is 11.5. The van der Waals surface area contributed by atoms with Crippen LogP contribution in [0.25, 0.3) is 0 Å². The molecular formula is C19H34N6O2S. The minimum Gasteiger partial charge on any atom is -0.379 e. The molecule has 3 rings (SSSR count). The van der Waals surface area contributed by atoms with Crippen LogP contribution in [0, 0.1) is 0 Å². The second-order valence-corrected chi connectivity index (χ2v) is 7.85. The van der Waals surface area contributed by atoms with Crippen LogP contribution in [0.5, 0.6) is 0 Å². The number of aromatic nitrogens is 2. The van der Waals surface area contributed by atoms with Gasteiger partial charge < -0.3 is 24.6 Å². The molecule has 3 heterocycles.